The quantitative estimate of drug-likeness (QED) is 0.288. The van der Waals surface area contributed by atoms with Gasteiger partial charge in [-0.2, -0.15) is 0 Å². The van der Waals surface area contributed by atoms with Gasteiger partial charge in [-0.25, -0.2) is 4.98 Å². The van der Waals surface area contributed by atoms with Crippen molar-refractivity contribution in [2.45, 2.75) is 6.92 Å². The van der Waals surface area contributed by atoms with E-state index in [-0.39, 0.29) is 5.56 Å². The zero-order valence-corrected chi connectivity index (χ0v) is 18.8. The first-order valence-corrected chi connectivity index (χ1v) is 10.6. The maximum Gasteiger partial charge on any atom is 0.266 e. The van der Waals surface area contributed by atoms with Crippen LogP contribution in [0.5, 0.6) is 0 Å². The fraction of sp³-hybridized carbons (Fsp3) is 0.0435. The Bertz CT molecular complexity index is 1260. The Kier molecular flexibility index (Phi) is 5.46. The molecule has 3 nitrogen and oxygen atoms in total. The van der Waals surface area contributed by atoms with Gasteiger partial charge in [-0.3, -0.25) is 9.36 Å². The number of benzene rings is 3. The molecule has 3 aromatic carbocycles. The maximum absolute atomic E-state index is 13.4. The minimum absolute atomic E-state index is 0.0618. The summed E-state index contributed by atoms with van der Waals surface area (Å²) in [4.78, 5) is 18.2. The Morgan fingerprint density at radius 1 is 1.00 bits per heavy atom. The summed E-state index contributed by atoms with van der Waals surface area (Å²) in [5, 5.41) is 0.621. The highest BCUT2D eigenvalue weighted by Crippen LogP contribution is 2.20. The SMILES string of the molecule is Cc1ccccc1-n1c(/C=C/c2ccc(Br)cc2)nc2ccc(I)cc2c1=O. The number of hydrogen-bond acceptors (Lipinski definition) is 2. The fourth-order valence-electron chi connectivity index (χ4n) is 3.08. The largest absolute Gasteiger partial charge is 0.268 e. The lowest BCUT2D eigenvalue weighted by atomic mass is 10.1. The standard InChI is InChI=1S/C23H16BrIN2O/c1-15-4-2-3-5-21(15)27-22(13-8-16-6-9-17(24)10-7-16)26-20-12-11-18(25)14-19(20)23(27)28/h2-14H,1H3/b13-8+. The molecule has 0 saturated carbocycles. The molecule has 0 amide bonds. The van der Waals surface area contributed by atoms with Gasteiger partial charge in [0.1, 0.15) is 5.82 Å². The highest BCUT2D eigenvalue weighted by atomic mass is 127. The lowest BCUT2D eigenvalue weighted by Gasteiger charge is -2.13. The number of aryl methyl sites for hydroxylation is 1. The molecule has 4 rings (SSSR count). The molecule has 0 aliphatic rings. The summed E-state index contributed by atoms with van der Waals surface area (Å²) in [7, 11) is 0. The average molecular weight is 543 g/mol. The van der Waals surface area contributed by atoms with Gasteiger partial charge in [-0.15, -0.1) is 0 Å². The van der Waals surface area contributed by atoms with Crippen molar-refractivity contribution in [3.8, 4) is 5.69 Å². The van der Waals surface area contributed by atoms with Gasteiger partial charge >= 0.3 is 0 Å². The van der Waals surface area contributed by atoms with E-state index in [0.717, 1.165) is 24.9 Å². The van der Waals surface area contributed by atoms with E-state index >= 15 is 0 Å². The Morgan fingerprint density at radius 3 is 2.50 bits per heavy atom. The highest BCUT2D eigenvalue weighted by molar-refractivity contribution is 14.1. The summed E-state index contributed by atoms with van der Waals surface area (Å²) < 4.78 is 3.74. The summed E-state index contributed by atoms with van der Waals surface area (Å²) in [6.45, 7) is 2.00. The predicted octanol–water partition coefficient (Wildman–Crippen LogP) is 6.23. The second-order valence-corrected chi connectivity index (χ2v) is 8.60. The molecule has 0 saturated heterocycles. The molecule has 0 spiro atoms. The summed E-state index contributed by atoms with van der Waals surface area (Å²) in [5.74, 6) is 0.607. The molecule has 4 aromatic rings. The van der Waals surface area contributed by atoms with E-state index < -0.39 is 0 Å². The molecule has 5 heteroatoms. The molecular weight excluding hydrogens is 527 g/mol. The maximum atomic E-state index is 13.4. The van der Waals surface area contributed by atoms with Crippen LogP contribution in [0.4, 0.5) is 0 Å². The van der Waals surface area contributed by atoms with E-state index in [0.29, 0.717) is 16.7 Å². The van der Waals surface area contributed by atoms with Crippen LogP contribution in [-0.4, -0.2) is 9.55 Å². The molecule has 0 unspecified atom stereocenters. The molecule has 0 radical (unpaired) electrons. The molecule has 1 heterocycles. The Morgan fingerprint density at radius 2 is 1.75 bits per heavy atom. The zero-order valence-electron chi connectivity index (χ0n) is 15.1. The van der Waals surface area contributed by atoms with Crippen molar-refractivity contribution < 1.29 is 0 Å². The van der Waals surface area contributed by atoms with Gasteiger partial charge in [-0.05, 0) is 83.1 Å². The van der Waals surface area contributed by atoms with Crippen molar-refractivity contribution in [2.75, 3.05) is 0 Å². The van der Waals surface area contributed by atoms with Crippen molar-refractivity contribution in [3.63, 3.8) is 0 Å². The topological polar surface area (TPSA) is 34.9 Å². The third-order valence-corrected chi connectivity index (χ3v) is 5.71. The Hall–Kier alpha value is -2.25. The third-order valence-electron chi connectivity index (χ3n) is 4.51. The fourth-order valence-corrected chi connectivity index (χ4v) is 3.83. The van der Waals surface area contributed by atoms with Crippen molar-refractivity contribution in [1.82, 2.24) is 9.55 Å². The van der Waals surface area contributed by atoms with E-state index in [2.05, 4.69) is 38.5 Å². The molecule has 0 aliphatic heterocycles. The normalized spacial score (nSPS) is 11.4. The van der Waals surface area contributed by atoms with E-state index in [9.17, 15) is 4.79 Å². The molecule has 138 valence electrons. The first kappa shape index (κ1) is 19.1. The van der Waals surface area contributed by atoms with Gasteiger partial charge in [0.15, 0.2) is 0 Å². The first-order chi connectivity index (χ1) is 13.5. The van der Waals surface area contributed by atoms with Gasteiger partial charge in [0.2, 0.25) is 0 Å². The number of aromatic nitrogens is 2. The molecule has 0 bridgehead atoms. The average Bonchev–Trinajstić information content (AvgIpc) is 2.69. The molecule has 28 heavy (non-hydrogen) atoms. The summed E-state index contributed by atoms with van der Waals surface area (Å²) in [6, 6.07) is 21.6. The van der Waals surface area contributed by atoms with Gasteiger partial charge in [-0.1, -0.05) is 52.3 Å². The van der Waals surface area contributed by atoms with Crippen LogP contribution in [0.1, 0.15) is 17.0 Å². The molecule has 0 aliphatic carbocycles. The number of para-hydroxylation sites is 1. The molecule has 0 fully saturated rings. The first-order valence-electron chi connectivity index (χ1n) is 8.75. The Labute approximate surface area is 185 Å². The summed E-state index contributed by atoms with van der Waals surface area (Å²) >= 11 is 5.67. The minimum Gasteiger partial charge on any atom is -0.268 e. The lowest BCUT2D eigenvalue weighted by molar-refractivity contribution is 0.934. The number of halogens is 2. The van der Waals surface area contributed by atoms with Crippen LogP contribution in [0.25, 0.3) is 28.7 Å². The van der Waals surface area contributed by atoms with Gasteiger partial charge in [0, 0.05) is 8.04 Å². The number of rotatable bonds is 3. The van der Waals surface area contributed by atoms with Crippen LogP contribution in [0.15, 0.2) is 76.0 Å². The van der Waals surface area contributed by atoms with E-state index in [1.807, 2.05) is 85.8 Å². The van der Waals surface area contributed by atoms with E-state index in [1.54, 1.807) is 4.57 Å². The van der Waals surface area contributed by atoms with E-state index in [1.165, 1.54) is 0 Å². The second-order valence-electron chi connectivity index (χ2n) is 6.44. The third kappa shape index (κ3) is 3.82. The number of fused-ring (bicyclic) bond motifs is 1. The van der Waals surface area contributed by atoms with Gasteiger partial charge in [0.05, 0.1) is 16.6 Å². The summed E-state index contributed by atoms with van der Waals surface area (Å²) in [5.41, 5.74) is 3.54. The van der Waals surface area contributed by atoms with Gasteiger partial charge < -0.3 is 0 Å². The Balaban J connectivity index is 1.97. The monoisotopic (exact) mass is 542 g/mol. The summed E-state index contributed by atoms with van der Waals surface area (Å²) in [6.07, 6.45) is 3.87. The number of nitrogens with zero attached hydrogens (tertiary/aromatic N) is 2. The lowest BCUT2D eigenvalue weighted by Crippen LogP contribution is -2.23. The molecule has 1 aromatic heterocycles. The smallest absolute Gasteiger partial charge is 0.266 e. The van der Waals surface area contributed by atoms with Crippen LogP contribution in [-0.2, 0) is 0 Å². The van der Waals surface area contributed by atoms with Crippen LogP contribution in [0, 0.1) is 10.5 Å². The minimum atomic E-state index is -0.0618. The number of hydrogen-bond donors (Lipinski definition) is 0. The molecular formula is C23H16BrIN2O. The second kappa shape index (κ2) is 8.01. The van der Waals surface area contributed by atoms with Crippen LogP contribution in [0.2, 0.25) is 0 Å². The van der Waals surface area contributed by atoms with Crippen molar-refractivity contribution in [2.24, 2.45) is 0 Å². The molecule has 0 atom stereocenters. The molecule has 0 N–H and O–H groups in total. The van der Waals surface area contributed by atoms with Crippen LogP contribution < -0.4 is 5.56 Å². The van der Waals surface area contributed by atoms with Crippen molar-refractivity contribution in [1.29, 1.82) is 0 Å². The van der Waals surface area contributed by atoms with Crippen molar-refractivity contribution in [3.05, 3.63) is 102 Å². The zero-order chi connectivity index (χ0) is 19.7. The predicted molar refractivity (Wildman–Crippen MR) is 128 cm³/mol. The van der Waals surface area contributed by atoms with Crippen molar-refractivity contribution >= 4 is 61.6 Å². The van der Waals surface area contributed by atoms with Crippen LogP contribution >= 0.6 is 38.5 Å². The highest BCUT2D eigenvalue weighted by Gasteiger charge is 2.13. The van der Waals surface area contributed by atoms with E-state index in [4.69, 9.17) is 4.98 Å². The van der Waals surface area contributed by atoms with Gasteiger partial charge in [0.25, 0.3) is 5.56 Å². The van der Waals surface area contributed by atoms with Crippen LogP contribution in [0.3, 0.4) is 0 Å².